The second-order valence-corrected chi connectivity index (χ2v) is 7.42. The first-order chi connectivity index (χ1) is 14.6. The molecule has 0 bridgehead atoms. The summed E-state index contributed by atoms with van der Waals surface area (Å²) in [6, 6.07) is 16.2. The van der Waals surface area contributed by atoms with E-state index in [1.165, 1.54) is 0 Å². The van der Waals surface area contributed by atoms with E-state index in [1.807, 2.05) is 42.1 Å². The second-order valence-electron chi connectivity index (χ2n) is 7.42. The summed E-state index contributed by atoms with van der Waals surface area (Å²) < 4.78 is 1.89. The van der Waals surface area contributed by atoms with Gasteiger partial charge in [-0.2, -0.15) is 10.1 Å². The van der Waals surface area contributed by atoms with E-state index < -0.39 is 0 Å². The van der Waals surface area contributed by atoms with Crippen molar-refractivity contribution in [3.8, 4) is 11.3 Å². The Balaban J connectivity index is 1.92. The number of hydrogen-bond donors (Lipinski definition) is 3. The number of nitrogens with two attached hydrogens (primary N) is 1. The van der Waals surface area contributed by atoms with Crippen LogP contribution in [-0.2, 0) is 6.54 Å². The van der Waals surface area contributed by atoms with Crippen molar-refractivity contribution < 1.29 is 0 Å². The molecule has 2 aromatic heterocycles. The van der Waals surface area contributed by atoms with Gasteiger partial charge in [0.15, 0.2) is 11.5 Å². The zero-order valence-corrected chi connectivity index (χ0v) is 17.6. The van der Waals surface area contributed by atoms with Crippen LogP contribution >= 0.6 is 0 Å². The topological polar surface area (TPSA) is 93.7 Å². The molecule has 0 atom stereocenters. The minimum Gasteiger partial charge on any atom is -0.382 e. The molecule has 2 heterocycles. The first-order valence-electron chi connectivity index (χ1n) is 10.2. The predicted molar refractivity (Wildman–Crippen MR) is 123 cm³/mol. The Morgan fingerprint density at radius 2 is 1.70 bits per heavy atom. The molecule has 0 amide bonds. The molecular weight excluding hydrogens is 374 g/mol. The molecule has 0 fully saturated rings. The summed E-state index contributed by atoms with van der Waals surface area (Å²) in [6.45, 7) is 5.80. The quantitative estimate of drug-likeness (QED) is 0.405. The fourth-order valence-electron chi connectivity index (χ4n) is 3.74. The van der Waals surface area contributed by atoms with Gasteiger partial charge in [0.25, 0.3) is 0 Å². The van der Waals surface area contributed by atoms with Crippen LogP contribution in [0.25, 0.3) is 22.3 Å². The Bertz CT molecular complexity index is 1150. The second kappa shape index (κ2) is 8.51. The lowest BCUT2D eigenvalue weighted by molar-refractivity contribution is 0.575. The molecule has 0 aliphatic rings. The van der Waals surface area contributed by atoms with E-state index in [1.54, 1.807) is 0 Å². The third-order valence-corrected chi connectivity index (χ3v) is 5.16. The van der Waals surface area contributed by atoms with Gasteiger partial charge in [-0.15, -0.1) is 0 Å². The standard InChI is InChI=1S/C23H27N7/c1-15-9-7-10-16(2)18(15)20-19-21(24)29-30(14-8-13-25-3)22(19)28-23(27-20)26-17-11-5-4-6-12-17/h4-7,9-12,25H,8,13-14H2,1-3H3,(H2,24,29)(H,26,27,28). The number of fused-ring (bicyclic) bond motifs is 1. The normalized spacial score (nSPS) is 11.2. The predicted octanol–water partition coefficient (Wildman–Crippen LogP) is 4.05. The molecule has 0 aliphatic carbocycles. The minimum atomic E-state index is 0.457. The Morgan fingerprint density at radius 3 is 2.40 bits per heavy atom. The maximum atomic E-state index is 6.37. The van der Waals surface area contributed by atoms with Crippen molar-refractivity contribution in [1.82, 2.24) is 25.1 Å². The average molecular weight is 402 g/mol. The molecule has 4 N–H and O–H groups in total. The smallest absolute Gasteiger partial charge is 0.229 e. The fraction of sp³-hybridized carbons (Fsp3) is 0.261. The molecule has 7 heteroatoms. The van der Waals surface area contributed by atoms with Crippen molar-refractivity contribution in [1.29, 1.82) is 0 Å². The molecule has 0 radical (unpaired) electrons. The summed E-state index contributed by atoms with van der Waals surface area (Å²) in [6.07, 6.45) is 0.927. The Labute approximate surface area is 176 Å². The molecule has 4 aromatic rings. The number of nitrogen functional groups attached to an aromatic ring is 1. The van der Waals surface area contributed by atoms with Crippen LogP contribution in [0.5, 0.6) is 0 Å². The number of para-hydroxylation sites is 1. The number of rotatable bonds is 7. The van der Waals surface area contributed by atoms with Crippen LogP contribution in [0.4, 0.5) is 17.5 Å². The molecule has 7 nitrogen and oxygen atoms in total. The largest absolute Gasteiger partial charge is 0.382 e. The summed E-state index contributed by atoms with van der Waals surface area (Å²) in [5.74, 6) is 0.986. The van der Waals surface area contributed by atoms with Crippen LogP contribution in [0, 0.1) is 13.8 Å². The number of hydrogen-bond acceptors (Lipinski definition) is 6. The lowest BCUT2D eigenvalue weighted by Crippen LogP contribution is -2.12. The number of nitrogens with zero attached hydrogens (tertiary/aromatic N) is 4. The van der Waals surface area contributed by atoms with Gasteiger partial charge < -0.3 is 16.4 Å². The molecule has 154 valence electrons. The Morgan fingerprint density at radius 1 is 0.967 bits per heavy atom. The lowest BCUT2D eigenvalue weighted by Gasteiger charge is -2.13. The molecule has 30 heavy (non-hydrogen) atoms. The van der Waals surface area contributed by atoms with E-state index in [-0.39, 0.29) is 0 Å². The van der Waals surface area contributed by atoms with E-state index >= 15 is 0 Å². The highest BCUT2D eigenvalue weighted by Crippen LogP contribution is 2.35. The maximum Gasteiger partial charge on any atom is 0.229 e. The van der Waals surface area contributed by atoms with Gasteiger partial charge in [-0.1, -0.05) is 36.4 Å². The molecule has 4 rings (SSSR count). The Kier molecular flexibility index (Phi) is 5.63. The van der Waals surface area contributed by atoms with Gasteiger partial charge in [0.1, 0.15) is 0 Å². The number of aromatic nitrogens is 4. The average Bonchev–Trinajstić information content (AvgIpc) is 3.04. The third-order valence-electron chi connectivity index (χ3n) is 5.16. The van der Waals surface area contributed by atoms with E-state index in [4.69, 9.17) is 15.7 Å². The molecule has 0 saturated heterocycles. The molecule has 2 aromatic carbocycles. The summed E-state index contributed by atoms with van der Waals surface area (Å²) in [4.78, 5) is 9.68. The van der Waals surface area contributed by atoms with Crippen LogP contribution in [0.3, 0.4) is 0 Å². The lowest BCUT2D eigenvalue weighted by atomic mass is 9.98. The van der Waals surface area contributed by atoms with Crippen LogP contribution in [-0.4, -0.2) is 33.3 Å². The first kappa shape index (κ1) is 19.8. The first-order valence-corrected chi connectivity index (χ1v) is 10.2. The van der Waals surface area contributed by atoms with Gasteiger partial charge >= 0.3 is 0 Å². The Hall–Kier alpha value is -3.45. The highest BCUT2D eigenvalue weighted by atomic mass is 15.3. The van der Waals surface area contributed by atoms with E-state index in [9.17, 15) is 0 Å². The SMILES string of the molecule is CNCCCn1nc(N)c2c(-c3c(C)cccc3C)nc(Nc3ccccc3)nc21. The van der Waals surface area contributed by atoms with Crippen molar-refractivity contribution in [2.75, 3.05) is 24.6 Å². The van der Waals surface area contributed by atoms with Crippen molar-refractivity contribution in [2.24, 2.45) is 0 Å². The summed E-state index contributed by atoms with van der Waals surface area (Å²) in [5, 5.41) is 11.9. The maximum absolute atomic E-state index is 6.37. The highest BCUT2D eigenvalue weighted by Gasteiger charge is 2.20. The van der Waals surface area contributed by atoms with E-state index in [2.05, 4.69) is 47.8 Å². The zero-order valence-electron chi connectivity index (χ0n) is 17.6. The third kappa shape index (κ3) is 3.84. The molecular formula is C23H27N7. The number of benzene rings is 2. The number of nitrogens with one attached hydrogen (secondary N) is 2. The van der Waals surface area contributed by atoms with Gasteiger partial charge in [0.2, 0.25) is 5.95 Å². The molecule has 0 spiro atoms. The van der Waals surface area contributed by atoms with Gasteiger partial charge in [0.05, 0.1) is 11.1 Å². The van der Waals surface area contributed by atoms with Gasteiger partial charge in [0, 0.05) is 17.8 Å². The van der Waals surface area contributed by atoms with Gasteiger partial charge in [-0.05, 0) is 57.1 Å². The van der Waals surface area contributed by atoms with E-state index in [0.717, 1.165) is 58.6 Å². The van der Waals surface area contributed by atoms with Gasteiger partial charge in [-0.25, -0.2) is 9.67 Å². The van der Waals surface area contributed by atoms with Crippen LogP contribution in [0.1, 0.15) is 17.5 Å². The minimum absolute atomic E-state index is 0.457. The van der Waals surface area contributed by atoms with Crippen molar-refractivity contribution in [2.45, 2.75) is 26.8 Å². The van der Waals surface area contributed by atoms with Gasteiger partial charge in [-0.3, -0.25) is 0 Å². The zero-order chi connectivity index (χ0) is 21.1. The molecule has 0 unspecified atom stereocenters. The fourth-order valence-corrected chi connectivity index (χ4v) is 3.74. The van der Waals surface area contributed by atoms with Crippen LogP contribution in [0.15, 0.2) is 48.5 Å². The highest BCUT2D eigenvalue weighted by molar-refractivity contribution is 6.00. The summed E-state index contributed by atoms with van der Waals surface area (Å²) >= 11 is 0. The van der Waals surface area contributed by atoms with Crippen molar-refractivity contribution >= 4 is 28.5 Å². The van der Waals surface area contributed by atoms with E-state index in [0.29, 0.717) is 11.8 Å². The van der Waals surface area contributed by atoms with Crippen molar-refractivity contribution in [3.05, 3.63) is 59.7 Å². The van der Waals surface area contributed by atoms with Crippen LogP contribution < -0.4 is 16.4 Å². The molecule has 0 saturated carbocycles. The number of anilines is 3. The summed E-state index contributed by atoms with van der Waals surface area (Å²) in [7, 11) is 1.94. The number of aryl methyl sites for hydroxylation is 3. The van der Waals surface area contributed by atoms with Crippen LogP contribution in [0.2, 0.25) is 0 Å². The van der Waals surface area contributed by atoms with Crippen molar-refractivity contribution in [3.63, 3.8) is 0 Å². The summed E-state index contributed by atoms with van der Waals surface area (Å²) in [5.41, 5.74) is 12.2. The molecule has 0 aliphatic heterocycles. The monoisotopic (exact) mass is 401 g/mol.